The average Bonchev–Trinajstić information content (AvgIpc) is 2.47. The fourth-order valence-corrected chi connectivity index (χ4v) is 2.39. The van der Waals surface area contributed by atoms with E-state index in [0.29, 0.717) is 0 Å². The maximum absolute atomic E-state index is 5.29. The first-order chi connectivity index (χ1) is 5.90. The van der Waals surface area contributed by atoms with Crippen LogP contribution < -0.4 is 5.32 Å². The third-order valence-electron chi connectivity index (χ3n) is 2.99. The molecule has 2 aliphatic heterocycles. The Hall–Kier alpha value is -0.520. The molecule has 2 heteroatoms. The van der Waals surface area contributed by atoms with Crippen LogP contribution in [-0.4, -0.2) is 37.1 Å². The van der Waals surface area contributed by atoms with Gasteiger partial charge in [-0.25, -0.2) is 0 Å². The Bertz CT molecular complexity index is 181. The Morgan fingerprint density at radius 2 is 2.42 bits per heavy atom. The average molecular weight is 164 g/mol. The fraction of sp³-hybridized carbons (Fsp3) is 0.800. The van der Waals surface area contributed by atoms with Crippen molar-refractivity contribution in [2.75, 3.05) is 26.2 Å². The van der Waals surface area contributed by atoms with E-state index in [4.69, 9.17) is 6.42 Å². The highest BCUT2D eigenvalue weighted by molar-refractivity contribution is 4.97. The number of hydrogen-bond acceptors (Lipinski definition) is 2. The first kappa shape index (κ1) is 8.10. The van der Waals surface area contributed by atoms with E-state index >= 15 is 0 Å². The molecule has 0 radical (unpaired) electrons. The number of likely N-dealkylation sites (tertiary alicyclic amines) is 1. The lowest BCUT2D eigenvalue weighted by atomic mass is 9.94. The minimum Gasteiger partial charge on any atom is -0.312 e. The van der Waals surface area contributed by atoms with Gasteiger partial charge in [-0.2, -0.15) is 0 Å². The van der Waals surface area contributed by atoms with Crippen LogP contribution in [0.15, 0.2) is 0 Å². The van der Waals surface area contributed by atoms with Crippen LogP contribution >= 0.6 is 0 Å². The zero-order valence-electron chi connectivity index (χ0n) is 7.42. The van der Waals surface area contributed by atoms with Crippen molar-refractivity contribution in [1.29, 1.82) is 0 Å². The van der Waals surface area contributed by atoms with Gasteiger partial charge in [0.25, 0.3) is 0 Å². The lowest BCUT2D eigenvalue weighted by Gasteiger charge is -2.24. The molecule has 0 saturated carbocycles. The maximum Gasteiger partial charge on any atom is 0.0599 e. The maximum atomic E-state index is 5.29. The fourth-order valence-electron chi connectivity index (χ4n) is 2.39. The second kappa shape index (κ2) is 3.47. The number of piperidine rings is 1. The number of fused-ring (bicyclic) bond motifs is 1. The number of nitrogens with one attached hydrogen (secondary N) is 1. The van der Waals surface area contributed by atoms with Crippen molar-refractivity contribution in [2.45, 2.75) is 18.9 Å². The van der Waals surface area contributed by atoms with E-state index in [1.54, 1.807) is 0 Å². The molecule has 2 saturated heterocycles. The van der Waals surface area contributed by atoms with Crippen LogP contribution in [-0.2, 0) is 0 Å². The number of nitrogens with zero attached hydrogens (tertiary/aromatic N) is 1. The first-order valence-electron chi connectivity index (χ1n) is 4.79. The smallest absolute Gasteiger partial charge is 0.0599 e. The Balaban J connectivity index is 1.90. The Labute approximate surface area is 74.3 Å². The van der Waals surface area contributed by atoms with E-state index in [1.165, 1.54) is 25.9 Å². The SMILES string of the molecule is C#CCN1CC2CCCNC2C1. The molecule has 2 aliphatic rings. The Morgan fingerprint density at radius 3 is 3.17 bits per heavy atom. The van der Waals surface area contributed by atoms with Crippen LogP contribution in [0, 0.1) is 18.3 Å². The summed E-state index contributed by atoms with van der Waals surface area (Å²) in [4.78, 5) is 2.38. The summed E-state index contributed by atoms with van der Waals surface area (Å²) in [7, 11) is 0. The van der Waals surface area contributed by atoms with Crippen LogP contribution in [0.5, 0.6) is 0 Å². The topological polar surface area (TPSA) is 15.3 Å². The van der Waals surface area contributed by atoms with Gasteiger partial charge in [0, 0.05) is 19.1 Å². The van der Waals surface area contributed by atoms with Crippen molar-refractivity contribution in [3.05, 3.63) is 0 Å². The molecule has 2 nitrogen and oxygen atoms in total. The van der Waals surface area contributed by atoms with Crippen LogP contribution in [0.1, 0.15) is 12.8 Å². The highest BCUT2D eigenvalue weighted by Gasteiger charge is 2.33. The van der Waals surface area contributed by atoms with Crippen molar-refractivity contribution in [1.82, 2.24) is 10.2 Å². The number of rotatable bonds is 1. The molecule has 2 heterocycles. The van der Waals surface area contributed by atoms with Gasteiger partial charge in [-0.3, -0.25) is 4.90 Å². The number of hydrogen-bond donors (Lipinski definition) is 1. The minimum absolute atomic E-state index is 0.729. The van der Waals surface area contributed by atoms with E-state index in [2.05, 4.69) is 16.1 Å². The van der Waals surface area contributed by atoms with Gasteiger partial charge in [-0.05, 0) is 25.3 Å². The molecule has 0 amide bonds. The summed E-state index contributed by atoms with van der Waals surface area (Å²) in [6.45, 7) is 4.40. The normalized spacial score (nSPS) is 35.9. The van der Waals surface area contributed by atoms with Crippen molar-refractivity contribution in [3.63, 3.8) is 0 Å². The molecular weight excluding hydrogens is 148 g/mol. The Kier molecular flexibility index (Phi) is 2.34. The van der Waals surface area contributed by atoms with Gasteiger partial charge >= 0.3 is 0 Å². The zero-order chi connectivity index (χ0) is 8.39. The standard InChI is InChI=1S/C10H16N2/c1-2-6-12-7-9-4-3-5-11-10(9)8-12/h1,9-11H,3-8H2. The van der Waals surface area contributed by atoms with E-state index in [1.807, 2.05) is 0 Å². The monoisotopic (exact) mass is 164 g/mol. The molecule has 0 bridgehead atoms. The highest BCUT2D eigenvalue weighted by atomic mass is 15.2. The summed E-state index contributed by atoms with van der Waals surface area (Å²) < 4.78 is 0. The molecule has 2 fully saturated rings. The molecule has 66 valence electrons. The molecule has 0 aliphatic carbocycles. The lowest BCUT2D eigenvalue weighted by Crippen LogP contribution is -2.40. The molecule has 2 unspecified atom stereocenters. The van der Waals surface area contributed by atoms with Crippen molar-refractivity contribution in [2.24, 2.45) is 5.92 Å². The predicted molar refractivity (Wildman–Crippen MR) is 49.8 cm³/mol. The predicted octanol–water partition coefficient (Wildman–Crippen LogP) is 0.303. The zero-order valence-corrected chi connectivity index (χ0v) is 7.42. The van der Waals surface area contributed by atoms with E-state index in [9.17, 15) is 0 Å². The van der Waals surface area contributed by atoms with Gasteiger partial charge in [0.15, 0.2) is 0 Å². The Morgan fingerprint density at radius 1 is 1.50 bits per heavy atom. The largest absolute Gasteiger partial charge is 0.312 e. The summed E-state index contributed by atoms with van der Waals surface area (Å²) >= 11 is 0. The third-order valence-corrected chi connectivity index (χ3v) is 2.99. The van der Waals surface area contributed by atoms with E-state index in [-0.39, 0.29) is 0 Å². The summed E-state index contributed by atoms with van der Waals surface area (Å²) in [5.41, 5.74) is 0. The van der Waals surface area contributed by atoms with Gasteiger partial charge in [0.05, 0.1) is 6.54 Å². The minimum atomic E-state index is 0.729. The molecule has 0 aromatic rings. The lowest BCUT2D eigenvalue weighted by molar-refractivity contribution is 0.336. The number of terminal acetylenes is 1. The second-order valence-corrected chi connectivity index (χ2v) is 3.86. The van der Waals surface area contributed by atoms with Crippen molar-refractivity contribution in [3.8, 4) is 12.3 Å². The summed E-state index contributed by atoms with van der Waals surface area (Å²) in [5.74, 6) is 3.59. The molecule has 2 rings (SSSR count). The van der Waals surface area contributed by atoms with E-state index in [0.717, 1.165) is 25.0 Å². The molecule has 1 N–H and O–H groups in total. The van der Waals surface area contributed by atoms with Crippen molar-refractivity contribution >= 4 is 0 Å². The van der Waals surface area contributed by atoms with Crippen LogP contribution in [0.2, 0.25) is 0 Å². The molecule has 12 heavy (non-hydrogen) atoms. The second-order valence-electron chi connectivity index (χ2n) is 3.86. The van der Waals surface area contributed by atoms with Crippen molar-refractivity contribution < 1.29 is 0 Å². The van der Waals surface area contributed by atoms with Crippen LogP contribution in [0.25, 0.3) is 0 Å². The summed E-state index contributed by atoms with van der Waals surface area (Å²) in [6, 6.07) is 0.729. The van der Waals surface area contributed by atoms with E-state index < -0.39 is 0 Å². The van der Waals surface area contributed by atoms with Gasteiger partial charge in [0.1, 0.15) is 0 Å². The van der Waals surface area contributed by atoms with Crippen LogP contribution in [0.3, 0.4) is 0 Å². The molecular formula is C10H16N2. The van der Waals surface area contributed by atoms with Gasteiger partial charge < -0.3 is 5.32 Å². The highest BCUT2D eigenvalue weighted by Crippen LogP contribution is 2.24. The molecule has 2 atom stereocenters. The summed E-state index contributed by atoms with van der Waals surface area (Å²) in [6.07, 6.45) is 8.01. The first-order valence-corrected chi connectivity index (χ1v) is 4.79. The summed E-state index contributed by atoms with van der Waals surface area (Å²) in [5, 5.41) is 3.56. The quantitative estimate of drug-likeness (QED) is 0.561. The third kappa shape index (κ3) is 1.48. The molecule has 0 aromatic heterocycles. The van der Waals surface area contributed by atoms with Gasteiger partial charge in [-0.1, -0.05) is 5.92 Å². The van der Waals surface area contributed by atoms with Gasteiger partial charge in [-0.15, -0.1) is 6.42 Å². The molecule has 0 aromatic carbocycles. The molecule has 0 spiro atoms. The van der Waals surface area contributed by atoms with Crippen LogP contribution in [0.4, 0.5) is 0 Å². The van der Waals surface area contributed by atoms with Gasteiger partial charge in [0.2, 0.25) is 0 Å².